The van der Waals surface area contributed by atoms with Crippen LogP contribution in [0, 0.1) is 0 Å². The molecule has 0 saturated heterocycles. The lowest BCUT2D eigenvalue weighted by atomic mass is 10.2. The SMILES string of the molecule is CCCn1c(SCC(=O)Nc2sc(CC)cc2C(=O)OCC)nnc1-c1ccc(Br)o1. The molecule has 3 rings (SSSR count). The average Bonchev–Trinajstić information content (AvgIpc) is 3.45. The van der Waals surface area contributed by atoms with E-state index in [0.717, 1.165) is 17.7 Å². The van der Waals surface area contributed by atoms with Crippen LogP contribution in [-0.2, 0) is 22.5 Å². The number of hydrogen-bond donors (Lipinski definition) is 1. The number of carbonyl (C=O) groups excluding carboxylic acids is 2. The Morgan fingerprint density at radius 2 is 2.10 bits per heavy atom. The van der Waals surface area contributed by atoms with E-state index in [9.17, 15) is 9.59 Å². The number of rotatable bonds is 10. The van der Waals surface area contributed by atoms with Crippen molar-refractivity contribution in [2.24, 2.45) is 0 Å². The predicted molar refractivity (Wildman–Crippen MR) is 125 cm³/mol. The van der Waals surface area contributed by atoms with E-state index in [2.05, 4.69) is 38.4 Å². The number of hydrogen-bond acceptors (Lipinski definition) is 8. The number of amides is 1. The second kappa shape index (κ2) is 11.0. The first-order valence-electron chi connectivity index (χ1n) is 9.88. The molecule has 3 aromatic heterocycles. The monoisotopic (exact) mass is 526 g/mol. The molecule has 0 bridgehead atoms. The third-order valence-corrected chi connectivity index (χ3v) is 6.76. The molecule has 0 spiro atoms. The molecule has 1 amide bonds. The van der Waals surface area contributed by atoms with Crippen LogP contribution in [0.15, 0.2) is 32.4 Å². The highest BCUT2D eigenvalue weighted by molar-refractivity contribution is 9.10. The van der Waals surface area contributed by atoms with Gasteiger partial charge in [-0.25, -0.2) is 4.79 Å². The van der Waals surface area contributed by atoms with Gasteiger partial charge in [-0.3, -0.25) is 9.36 Å². The Kier molecular flexibility index (Phi) is 8.33. The smallest absolute Gasteiger partial charge is 0.341 e. The molecular formula is C20H23BrN4O4S2. The summed E-state index contributed by atoms with van der Waals surface area (Å²) in [6, 6.07) is 5.39. The van der Waals surface area contributed by atoms with Crippen LogP contribution in [0.5, 0.6) is 0 Å². The van der Waals surface area contributed by atoms with E-state index in [1.165, 1.54) is 23.1 Å². The van der Waals surface area contributed by atoms with Crippen LogP contribution in [0.25, 0.3) is 11.6 Å². The average molecular weight is 527 g/mol. The van der Waals surface area contributed by atoms with E-state index < -0.39 is 5.97 Å². The third kappa shape index (κ3) is 5.78. The highest BCUT2D eigenvalue weighted by Gasteiger charge is 2.20. The minimum atomic E-state index is -0.432. The molecule has 0 aliphatic heterocycles. The first kappa shape index (κ1) is 23.6. The Balaban J connectivity index is 1.71. The van der Waals surface area contributed by atoms with Crippen LogP contribution >= 0.6 is 39.0 Å². The van der Waals surface area contributed by atoms with Crippen LogP contribution in [0.2, 0.25) is 0 Å². The molecule has 8 nitrogen and oxygen atoms in total. The summed E-state index contributed by atoms with van der Waals surface area (Å²) >= 11 is 5.97. The zero-order valence-corrected chi connectivity index (χ0v) is 20.7. The van der Waals surface area contributed by atoms with Crippen molar-refractivity contribution in [2.45, 2.75) is 45.3 Å². The lowest BCUT2D eigenvalue weighted by Gasteiger charge is -2.08. The molecular weight excluding hydrogens is 504 g/mol. The van der Waals surface area contributed by atoms with Crippen LogP contribution in [0.4, 0.5) is 5.00 Å². The van der Waals surface area contributed by atoms with E-state index in [4.69, 9.17) is 9.15 Å². The molecule has 3 aromatic rings. The predicted octanol–water partition coefficient (Wildman–Crippen LogP) is 5.24. The van der Waals surface area contributed by atoms with Crippen LogP contribution < -0.4 is 5.32 Å². The summed E-state index contributed by atoms with van der Waals surface area (Å²) in [6.07, 6.45) is 1.65. The lowest BCUT2D eigenvalue weighted by molar-refractivity contribution is -0.113. The molecule has 0 unspecified atom stereocenters. The van der Waals surface area contributed by atoms with Crippen molar-refractivity contribution >= 4 is 55.9 Å². The first-order chi connectivity index (χ1) is 15.0. The van der Waals surface area contributed by atoms with E-state index in [1.54, 1.807) is 19.1 Å². The summed E-state index contributed by atoms with van der Waals surface area (Å²) in [7, 11) is 0. The topological polar surface area (TPSA) is 99.2 Å². The molecule has 11 heteroatoms. The molecule has 166 valence electrons. The number of anilines is 1. The molecule has 0 fully saturated rings. The number of thiophene rings is 1. The number of carbonyl (C=O) groups is 2. The summed E-state index contributed by atoms with van der Waals surface area (Å²) in [5.74, 6) is 0.692. The number of thioether (sulfide) groups is 1. The molecule has 0 aliphatic rings. The van der Waals surface area contributed by atoms with Crippen molar-refractivity contribution in [3.8, 4) is 11.6 Å². The minimum absolute atomic E-state index is 0.130. The summed E-state index contributed by atoms with van der Waals surface area (Å²) in [5.41, 5.74) is 0.391. The van der Waals surface area contributed by atoms with Crippen LogP contribution in [0.3, 0.4) is 0 Å². The number of esters is 1. The van der Waals surface area contributed by atoms with Crippen LogP contribution in [0.1, 0.15) is 42.4 Å². The summed E-state index contributed by atoms with van der Waals surface area (Å²) < 4.78 is 13.3. The van der Waals surface area contributed by atoms with Crippen LogP contribution in [-0.4, -0.2) is 39.0 Å². The van der Waals surface area contributed by atoms with Gasteiger partial charge in [0.15, 0.2) is 15.6 Å². The second-order valence-corrected chi connectivity index (χ2v) is 9.29. The van der Waals surface area contributed by atoms with Gasteiger partial charge in [-0.1, -0.05) is 25.6 Å². The number of ether oxygens (including phenoxy) is 1. The number of nitrogens with one attached hydrogen (secondary N) is 1. The maximum Gasteiger partial charge on any atom is 0.341 e. The summed E-state index contributed by atoms with van der Waals surface area (Å²) in [6.45, 7) is 6.78. The molecule has 1 N–H and O–H groups in total. The van der Waals surface area contributed by atoms with Gasteiger partial charge in [-0.05, 0) is 53.9 Å². The largest absolute Gasteiger partial charge is 0.462 e. The quantitative estimate of drug-likeness (QED) is 0.284. The molecule has 3 heterocycles. The fourth-order valence-corrected chi connectivity index (χ4v) is 4.87. The maximum atomic E-state index is 12.6. The second-order valence-electron chi connectivity index (χ2n) is 6.43. The Morgan fingerprint density at radius 3 is 2.74 bits per heavy atom. The third-order valence-electron chi connectivity index (χ3n) is 4.17. The zero-order chi connectivity index (χ0) is 22.4. The lowest BCUT2D eigenvalue weighted by Crippen LogP contribution is -2.16. The molecule has 0 atom stereocenters. The molecule has 0 radical (unpaired) electrons. The fraction of sp³-hybridized carbons (Fsp3) is 0.400. The summed E-state index contributed by atoms with van der Waals surface area (Å²) in [5, 5.41) is 12.5. The van der Waals surface area contributed by atoms with E-state index in [0.29, 0.717) is 38.5 Å². The number of furan rings is 1. The van der Waals surface area contributed by atoms with E-state index in [1.807, 2.05) is 17.6 Å². The van der Waals surface area contributed by atoms with E-state index in [-0.39, 0.29) is 18.3 Å². The summed E-state index contributed by atoms with van der Waals surface area (Å²) in [4.78, 5) is 25.8. The molecule has 0 saturated carbocycles. The number of aromatic nitrogens is 3. The Bertz CT molecular complexity index is 1060. The Labute approximate surface area is 196 Å². The Hall–Kier alpha value is -2.11. The van der Waals surface area contributed by atoms with Crippen molar-refractivity contribution in [2.75, 3.05) is 17.7 Å². The van der Waals surface area contributed by atoms with Gasteiger partial charge >= 0.3 is 5.97 Å². The minimum Gasteiger partial charge on any atom is -0.462 e. The van der Waals surface area contributed by atoms with Gasteiger partial charge in [0.05, 0.1) is 17.9 Å². The van der Waals surface area contributed by atoms with Gasteiger partial charge in [-0.2, -0.15) is 0 Å². The Morgan fingerprint density at radius 1 is 1.29 bits per heavy atom. The first-order valence-corrected chi connectivity index (χ1v) is 12.5. The van der Waals surface area contributed by atoms with Crippen molar-refractivity contribution < 1.29 is 18.7 Å². The number of halogens is 1. The van der Waals surface area contributed by atoms with Gasteiger partial charge in [0.25, 0.3) is 0 Å². The highest BCUT2D eigenvalue weighted by atomic mass is 79.9. The number of nitrogens with zero attached hydrogens (tertiary/aromatic N) is 3. The fourth-order valence-electron chi connectivity index (χ4n) is 2.80. The van der Waals surface area contributed by atoms with Crippen molar-refractivity contribution in [3.63, 3.8) is 0 Å². The van der Waals surface area contributed by atoms with Crippen molar-refractivity contribution in [3.05, 3.63) is 33.3 Å². The number of aryl methyl sites for hydroxylation is 1. The van der Waals surface area contributed by atoms with Gasteiger partial charge in [-0.15, -0.1) is 21.5 Å². The molecule has 0 aromatic carbocycles. The highest BCUT2D eigenvalue weighted by Crippen LogP contribution is 2.31. The zero-order valence-electron chi connectivity index (χ0n) is 17.4. The normalized spacial score (nSPS) is 11.0. The van der Waals surface area contributed by atoms with Crippen molar-refractivity contribution in [1.29, 1.82) is 0 Å². The van der Waals surface area contributed by atoms with Gasteiger partial charge in [0, 0.05) is 11.4 Å². The maximum absolute atomic E-state index is 12.6. The molecule has 0 aliphatic carbocycles. The van der Waals surface area contributed by atoms with E-state index >= 15 is 0 Å². The van der Waals surface area contributed by atoms with Crippen molar-refractivity contribution in [1.82, 2.24) is 14.8 Å². The molecule has 31 heavy (non-hydrogen) atoms. The van der Waals surface area contributed by atoms with Gasteiger partial charge < -0.3 is 14.5 Å². The van der Waals surface area contributed by atoms with Gasteiger partial charge in [0.2, 0.25) is 11.7 Å². The van der Waals surface area contributed by atoms with Gasteiger partial charge in [0.1, 0.15) is 5.00 Å². The standard InChI is InChI=1S/C20H23BrN4O4S2/c1-4-9-25-17(14-7-8-15(21)29-14)23-24-20(25)30-11-16(26)22-18-13(19(27)28-6-3)10-12(5-2)31-18/h7-8,10H,4-6,9,11H2,1-3H3,(H,22,26).